The summed E-state index contributed by atoms with van der Waals surface area (Å²) >= 11 is 0. The average molecular weight is 259 g/mol. The second-order valence-electron chi connectivity index (χ2n) is 4.30. The molecule has 0 amide bonds. The lowest BCUT2D eigenvalue weighted by Gasteiger charge is -2.08. The third-order valence-electron chi connectivity index (χ3n) is 2.97. The lowest BCUT2D eigenvalue weighted by atomic mass is 10.0. The summed E-state index contributed by atoms with van der Waals surface area (Å²) in [5.41, 5.74) is 1.62. The van der Waals surface area contributed by atoms with Crippen LogP contribution in [0.1, 0.15) is 28.7 Å². The fourth-order valence-electron chi connectivity index (χ4n) is 1.97. The SMILES string of the molecule is CCn1ncnc1CC(=O)c1cc(C)ccc1OC. The van der Waals surface area contributed by atoms with Crippen molar-refractivity contribution in [1.29, 1.82) is 0 Å². The van der Waals surface area contributed by atoms with Crippen molar-refractivity contribution in [2.75, 3.05) is 7.11 Å². The van der Waals surface area contributed by atoms with Gasteiger partial charge in [0.05, 0.1) is 19.1 Å². The van der Waals surface area contributed by atoms with E-state index in [1.807, 2.05) is 32.0 Å². The van der Waals surface area contributed by atoms with E-state index in [-0.39, 0.29) is 12.2 Å². The van der Waals surface area contributed by atoms with Gasteiger partial charge in [0.25, 0.3) is 0 Å². The quantitative estimate of drug-likeness (QED) is 0.771. The van der Waals surface area contributed by atoms with Crippen LogP contribution in [0.4, 0.5) is 0 Å². The number of carbonyl (C=O) groups excluding carboxylic acids is 1. The van der Waals surface area contributed by atoms with Gasteiger partial charge in [0, 0.05) is 6.54 Å². The molecule has 100 valence electrons. The molecule has 0 bridgehead atoms. The predicted molar refractivity (Wildman–Crippen MR) is 71.5 cm³/mol. The Hall–Kier alpha value is -2.17. The van der Waals surface area contributed by atoms with E-state index < -0.39 is 0 Å². The van der Waals surface area contributed by atoms with Gasteiger partial charge in [0.2, 0.25) is 0 Å². The Labute approximate surface area is 112 Å². The average Bonchev–Trinajstić information content (AvgIpc) is 2.85. The Balaban J connectivity index is 2.27. The number of rotatable bonds is 5. The highest BCUT2D eigenvalue weighted by molar-refractivity contribution is 5.99. The summed E-state index contributed by atoms with van der Waals surface area (Å²) in [6.07, 6.45) is 1.70. The number of nitrogens with zero attached hydrogens (tertiary/aromatic N) is 3. The van der Waals surface area contributed by atoms with Crippen molar-refractivity contribution in [3.05, 3.63) is 41.5 Å². The zero-order chi connectivity index (χ0) is 13.8. The van der Waals surface area contributed by atoms with Crippen molar-refractivity contribution in [3.63, 3.8) is 0 Å². The summed E-state index contributed by atoms with van der Waals surface area (Å²) < 4.78 is 6.96. The van der Waals surface area contributed by atoms with Gasteiger partial charge in [0.1, 0.15) is 17.9 Å². The maximum atomic E-state index is 12.4. The molecule has 5 heteroatoms. The number of methoxy groups -OCH3 is 1. The van der Waals surface area contributed by atoms with Crippen LogP contribution in [0.5, 0.6) is 5.75 Å². The number of hydrogen-bond acceptors (Lipinski definition) is 4. The van der Waals surface area contributed by atoms with Crippen LogP contribution in [0.2, 0.25) is 0 Å². The molecule has 0 unspecified atom stereocenters. The maximum absolute atomic E-state index is 12.4. The van der Waals surface area contributed by atoms with E-state index in [2.05, 4.69) is 10.1 Å². The van der Waals surface area contributed by atoms with Crippen LogP contribution in [0.15, 0.2) is 24.5 Å². The van der Waals surface area contributed by atoms with Crippen molar-refractivity contribution in [2.24, 2.45) is 0 Å². The minimum atomic E-state index is -0.0109. The van der Waals surface area contributed by atoms with E-state index in [1.54, 1.807) is 11.8 Å². The lowest BCUT2D eigenvalue weighted by molar-refractivity contribution is 0.0986. The Kier molecular flexibility index (Phi) is 3.94. The molecule has 0 fully saturated rings. The van der Waals surface area contributed by atoms with Crippen LogP contribution in [0.3, 0.4) is 0 Å². The van der Waals surface area contributed by atoms with Gasteiger partial charge in [-0.05, 0) is 26.0 Å². The zero-order valence-corrected chi connectivity index (χ0v) is 11.4. The first-order valence-electron chi connectivity index (χ1n) is 6.20. The molecule has 1 aromatic heterocycles. The Morgan fingerprint density at radius 2 is 2.21 bits per heavy atom. The van der Waals surface area contributed by atoms with E-state index in [9.17, 15) is 4.79 Å². The highest BCUT2D eigenvalue weighted by atomic mass is 16.5. The molecule has 0 spiro atoms. The van der Waals surface area contributed by atoms with Crippen LogP contribution in [-0.2, 0) is 13.0 Å². The summed E-state index contributed by atoms with van der Waals surface area (Å²) in [4.78, 5) is 16.5. The first kappa shape index (κ1) is 13.3. The van der Waals surface area contributed by atoms with E-state index >= 15 is 0 Å². The van der Waals surface area contributed by atoms with Crippen molar-refractivity contribution in [1.82, 2.24) is 14.8 Å². The van der Waals surface area contributed by atoms with Crippen LogP contribution in [0.25, 0.3) is 0 Å². The normalized spacial score (nSPS) is 10.5. The van der Waals surface area contributed by atoms with Gasteiger partial charge >= 0.3 is 0 Å². The third kappa shape index (κ3) is 2.81. The number of Topliss-reactive ketones (excluding diaryl/α,β-unsaturated/α-hetero) is 1. The predicted octanol–water partition coefficient (Wildman–Crippen LogP) is 2.04. The maximum Gasteiger partial charge on any atom is 0.174 e. The molecule has 1 aromatic carbocycles. The zero-order valence-electron chi connectivity index (χ0n) is 11.4. The standard InChI is InChI=1S/C14H17N3O2/c1-4-17-14(15-9-16-17)8-12(18)11-7-10(2)5-6-13(11)19-3/h5-7,9H,4,8H2,1-3H3. The molecule has 2 aromatic rings. The second kappa shape index (κ2) is 5.65. The summed E-state index contributed by atoms with van der Waals surface area (Å²) in [6.45, 7) is 4.62. The van der Waals surface area contributed by atoms with Crippen LogP contribution < -0.4 is 4.74 Å². The van der Waals surface area contributed by atoms with Gasteiger partial charge in [-0.2, -0.15) is 5.10 Å². The number of carbonyl (C=O) groups is 1. The number of benzene rings is 1. The molecular formula is C14H17N3O2. The van der Waals surface area contributed by atoms with E-state index in [1.165, 1.54) is 6.33 Å². The van der Waals surface area contributed by atoms with Crippen LogP contribution in [0, 0.1) is 6.92 Å². The van der Waals surface area contributed by atoms with Crippen LogP contribution in [-0.4, -0.2) is 27.7 Å². The molecule has 0 atom stereocenters. The lowest BCUT2D eigenvalue weighted by Crippen LogP contribution is -2.12. The fourth-order valence-corrected chi connectivity index (χ4v) is 1.97. The minimum absolute atomic E-state index is 0.0109. The molecule has 0 saturated carbocycles. The van der Waals surface area contributed by atoms with Crippen molar-refractivity contribution in [2.45, 2.75) is 26.8 Å². The first-order valence-corrected chi connectivity index (χ1v) is 6.20. The Bertz CT molecular complexity index is 590. The molecule has 0 aliphatic rings. The van der Waals surface area contributed by atoms with E-state index in [0.717, 1.165) is 5.56 Å². The van der Waals surface area contributed by atoms with Gasteiger partial charge in [0.15, 0.2) is 5.78 Å². The third-order valence-corrected chi connectivity index (χ3v) is 2.97. The number of aryl methyl sites for hydroxylation is 2. The van der Waals surface area contributed by atoms with Crippen LogP contribution >= 0.6 is 0 Å². The molecule has 0 aliphatic heterocycles. The fraction of sp³-hybridized carbons (Fsp3) is 0.357. The second-order valence-corrected chi connectivity index (χ2v) is 4.30. The summed E-state index contributed by atoms with van der Waals surface area (Å²) in [7, 11) is 1.57. The highest BCUT2D eigenvalue weighted by Crippen LogP contribution is 2.21. The minimum Gasteiger partial charge on any atom is -0.496 e. The Morgan fingerprint density at radius 1 is 1.42 bits per heavy atom. The van der Waals surface area contributed by atoms with Crippen molar-refractivity contribution < 1.29 is 9.53 Å². The largest absolute Gasteiger partial charge is 0.496 e. The summed E-state index contributed by atoms with van der Waals surface area (Å²) in [5.74, 6) is 1.26. The molecule has 0 aliphatic carbocycles. The van der Waals surface area contributed by atoms with Gasteiger partial charge in [-0.1, -0.05) is 11.6 Å². The molecule has 2 rings (SSSR count). The summed E-state index contributed by atoms with van der Waals surface area (Å²) in [6, 6.07) is 5.57. The number of ether oxygens (including phenoxy) is 1. The van der Waals surface area contributed by atoms with E-state index in [4.69, 9.17) is 4.74 Å². The molecular weight excluding hydrogens is 242 g/mol. The Morgan fingerprint density at radius 3 is 2.89 bits per heavy atom. The number of hydrogen-bond donors (Lipinski definition) is 0. The molecule has 5 nitrogen and oxygen atoms in total. The van der Waals surface area contributed by atoms with Crippen molar-refractivity contribution >= 4 is 5.78 Å². The van der Waals surface area contributed by atoms with Gasteiger partial charge in [-0.15, -0.1) is 0 Å². The van der Waals surface area contributed by atoms with Gasteiger partial charge in [-0.3, -0.25) is 4.79 Å². The molecule has 1 heterocycles. The molecule has 0 radical (unpaired) electrons. The molecule has 19 heavy (non-hydrogen) atoms. The van der Waals surface area contributed by atoms with Crippen molar-refractivity contribution in [3.8, 4) is 5.75 Å². The summed E-state index contributed by atoms with van der Waals surface area (Å²) in [5, 5.41) is 4.06. The molecule has 0 N–H and O–H groups in total. The first-order chi connectivity index (χ1) is 9.15. The van der Waals surface area contributed by atoms with E-state index in [0.29, 0.717) is 23.7 Å². The number of ketones is 1. The smallest absolute Gasteiger partial charge is 0.174 e. The monoisotopic (exact) mass is 259 g/mol. The highest BCUT2D eigenvalue weighted by Gasteiger charge is 2.15. The van der Waals surface area contributed by atoms with Gasteiger partial charge in [-0.25, -0.2) is 9.67 Å². The topological polar surface area (TPSA) is 57.0 Å². The molecule has 0 saturated heterocycles. The van der Waals surface area contributed by atoms with Gasteiger partial charge < -0.3 is 4.74 Å². The number of aromatic nitrogens is 3.